The number of carbonyl (C=O) groups is 6. The minimum absolute atomic E-state index is 0.0121. The number of benzene rings is 1. The Morgan fingerprint density at radius 2 is 1.82 bits per heavy atom. The summed E-state index contributed by atoms with van der Waals surface area (Å²) in [6, 6.07) is 2.68. The van der Waals surface area contributed by atoms with Crippen molar-refractivity contribution in [3.63, 3.8) is 0 Å². The van der Waals surface area contributed by atoms with Gasteiger partial charge in [0.15, 0.2) is 34.7 Å². The maximum Gasteiger partial charge on any atom is 0.238 e. The van der Waals surface area contributed by atoms with E-state index in [2.05, 4.69) is 5.32 Å². The highest BCUT2D eigenvalue weighted by Gasteiger charge is 2.66. The number of rotatable bonds is 4. The van der Waals surface area contributed by atoms with Crippen LogP contribution in [0.5, 0.6) is 5.75 Å². The summed E-state index contributed by atoms with van der Waals surface area (Å²) in [7, 11) is 3.43. The Morgan fingerprint density at radius 1 is 1.15 bits per heavy atom. The molecule has 0 bridgehead atoms. The first-order valence-corrected chi connectivity index (χ1v) is 10.8. The Morgan fingerprint density at radius 3 is 2.44 bits per heavy atom. The summed E-state index contributed by atoms with van der Waals surface area (Å²) in [5.74, 6) is -11.1. The Hall–Kier alpha value is -3.44. The van der Waals surface area contributed by atoms with Crippen LogP contribution in [0.25, 0.3) is 0 Å². The Balaban J connectivity index is 1.74. The maximum absolute atomic E-state index is 13.4. The van der Waals surface area contributed by atoms with Gasteiger partial charge in [0.2, 0.25) is 11.8 Å². The highest BCUT2D eigenvalue weighted by molar-refractivity contribution is 6.31. The summed E-state index contributed by atoms with van der Waals surface area (Å²) in [5, 5.41) is 24.3. The third-order valence-electron chi connectivity index (χ3n) is 7.02. The van der Waals surface area contributed by atoms with E-state index in [1.807, 2.05) is 0 Å². The van der Waals surface area contributed by atoms with Crippen molar-refractivity contribution in [2.75, 3.05) is 26.0 Å². The van der Waals surface area contributed by atoms with Gasteiger partial charge in [0.1, 0.15) is 5.75 Å². The first kappa shape index (κ1) is 23.7. The van der Waals surface area contributed by atoms with E-state index < -0.39 is 70.5 Å². The predicted octanol–water partition coefficient (Wildman–Crippen LogP) is -1.17. The van der Waals surface area contributed by atoms with E-state index in [0.717, 1.165) is 0 Å². The van der Waals surface area contributed by atoms with Crippen LogP contribution in [0.2, 0.25) is 0 Å². The van der Waals surface area contributed by atoms with Gasteiger partial charge in [-0.3, -0.25) is 28.8 Å². The standard InChI is InChI=1S/C23H25N3O8/c1-26(2)8-15(29)25-12-3-4-13(27)17-11(12)6-9-5-10-7-14(28)18(22(24)33)21(32)23(10,34)20(31)16(9)19(17)30/h3-4,9-10,16,18,27,34H,5-8H2,1-2H3,(H2,24,33)(H,25,29)/t9-,10+,16?,18?,23+/m1/s1. The smallest absolute Gasteiger partial charge is 0.238 e. The van der Waals surface area contributed by atoms with Gasteiger partial charge in [-0.05, 0) is 50.6 Å². The summed E-state index contributed by atoms with van der Waals surface area (Å²) in [6.45, 7) is 0.0779. The number of anilines is 1. The first-order valence-electron chi connectivity index (χ1n) is 10.8. The molecule has 11 heteroatoms. The highest BCUT2D eigenvalue weighted by atomic mass is 16.3. The molecule has 0 aliphatic heterocycles. The van der Waals surface area contributed by atoms with Crippen LogP contribution in [0.3, 0.4) is 0 Å². The third kappa shape index (κ3) is 3.43. The van der Waals surface area contributed by atoms with Crippen LogP contribution >= 0.6 is 0 Å². The van der Waals surface area contributed by atoms with Gasteiger partial charge in [-0.15, -0.1) is 0 Å². The number of phenols is 1. The number of hydrogen-bond acceptors (Lipinski definition) is 9. The van der Waals surface area contributed by atoms with E-state index in [4.69, 9.17) is 5.73 Å². The molecule has 3 aliphatic rings. The van der Waals surface area contributed by atoms with E-state index >= 15 is 0 Å². The number of ketones is 4. The molecule has 0 aromatic heterocycles. The third-order valence-corrected chi connectivity index (χ3v) is 7.02. The van der Waals surface area contributed by atoms with Crippen molar-refractivity contribution >= 4 is 40.6 Å². The van der Waals surface area contributed by atoms with E-state index in [9.17, 15) is 39.0 Å². The van der Waals surface area contributed by atoms with Crippen LogP contribution in [0.4, 0.5) is 5.69 Å². The minimum Gasteiger partial charge on any atom is -0.507 e. The molecule has 1 aromatic carbocycles. The summed E-state index contributed by atoms with van der Waals surface area (Å²) < 4.78 is 0. The number of nitrogens with two attached hydrogens (primary N) is 1. The van der Waals surface area contributed by atoms with Gasteiger partial charge < -0.3 is 26.2 Å². The lowest BCUT2D eigenvalue weighted by molar-refractivity contribution is -0.175. The van der Waals surface area contributed by atoms with Crippen molar-refractivity contribution in [2.45, 2.75) is 24.9 Å². The SMILES string of the molecule is CN(C)CC(=O)Nc1ccc(O)c2c1C[C@H]1C[C@H]3CC(=O)C(C(N)=O)C(=O)[C@@]3(O)C(=O)C1C2=O. The average molecular weight is 471 g/mol. The minimum atomic E-state index is -2.69. The molecule has 2 saturated carbocycles. The number of primary amides is 1. The molecule has 0 heterocycles. The fraction of sp³-hybridized carbons (Fsp3) is 0.478. The first-order chi connectivity index (χ1) is 15.9. The predicted molar refractivity (Wildman–Crippen MR) is 116 cm³/mol. The number of phenolic OH excluding ortho intramolecular Hbond substituents is 1. The van der Waals surface area contributed by atoms with Crippen LogP contribution in [0, 0.1) is 23.7 Å². The quantitative estimate of drug-likeness (QED) is 0.310. The summed E-state index contributed by atoms with van der Waals surface area (Å²) in [4.78, 5) is 77.7. The number of Topliss-reactive ketones (excluding diaryl/α,β-unsaturated/α-hetero) is 4. The van der Waals surface area contributed by atoms with Crippen LogP contribution in [0.1, 0.15) is 28.8 Å². The van der Waals surface area contributed by atoms with E-state index in [-0.39, 0.29) is 30.9 Å². The fourth-order valence-corrected chi connectivity index (χ4v) is 5.56. The fourth-order valence-electron chi connectivity index (χ4n) is 5.56. The second kappa shape index (κ2) is 8.10. The lowest BCUT2D eigenvalue weighted by Gasteiger charge is -2.48. The molecule has 180 valence electrons. The summed E-state index contributed by atoms with van der Waals surface area (Å²) >= 11 is 0. The van der Waals surface area contributed by atoms with Gasteiger partial charge in [-0.1, -0.05) is 0 Å². The molecule has 2 unspecified atom stereocenters. The van der Waals surface area contributed by atoms with E-state index in [1.54, 1.807) is 19.0 Å². The molecule has 2 amide bonds. The number of hydrogen-bond donors (Lipinski definition) is 4. The average Bonchev–Trinajstić information content (AvgIpc) is 2.71. The highest BCUT2D eigenvalue weighted by Crippen LogP contribution is 2.50. The van der Waals surface area contributed by atoms with Crippen LogP contribution in [0.15, 0.2) is 12.1 Å². The topological polar surface area (TPSA) is 184 Å². The van der Waals surface area contributed by atoms with Gasteiger partial charge >= 0.3 is 0 Å². The summed E-state index contributed by atoms with van der Waals surface area (Å²) in [6.07, 6.45) is -0.322. The van der Waals surface area contributed by atoms with Crippen LogP contribution in [-0.4, -0.2) is 76.3 Å². The monoisotopic (exact) mass is 471 g/mol. The molecule has 34 heavy (non-hydrogen) atoms. The number of nitrogens with zero attached hydrogens (tertiary/aromatic N) is 1. The molecular weight excluding hydrogens is 446 g/mol. The number of fused-ring (bicyclic) bond motifs is 3. The molecule has 0 saturated heterocycles. The zero-order chi connectivity index (χ0) is 25.1. The number of carbonyl (C=O) groups excluding carboxylic acids is 6. The summed E-state index contributed by atoms with van der Waals surface area (Å²) in [5.41, 5.74) is 2.97. The molecular formula is C23H25N3O8. The largest absolute Gasteiger partial charge is 0.507 e. The molecule has 1 aromatic rings. The van der Waals surface area contributed by atoms with Crippen molar-refractivity contribution in [1.29, 1.82) is 0 Å². The van der Waals surface area contributed by atoms with Gasteiger partial charge in [0.05, 0.1) is 18.0 Å². The zero-order valence-electron chi connectivity index (χ0n) is 18.7. The Bertz CT molecular complexity index is 1160. The molecule has 5 atom stereocenters. The van der Waals surface area contributed by atoms with Crippen LogP contribution < -0.4 is 11.1 Å². The van der Waals surface area contributed by atoms with Gasteiger partial charge in [-0.2, -0.15) is 0 Å². The molecule has 4 rings (SSSR count). The van der Waals surface area contributed by atoms with Gasteiger partial charge in [0.25, 0.3) is 0 Å². The second-order valence-corrected chi connectivity index (χ2v) is 9.51. The van der Waals surface area contributed by atoms with Crippen molar-refractivity contribution in [3.05, 3.63) is 23.3 Å². The molecule has 5 N–H and O–H groups in total. The van der Waals surface area contributed by atoms with Crippen molar-refractivity contribution in [2.24, 2.45) is 29.4 Å². The van der Waals surface area contributed by atoms with Gasteiger partial charge in [0, 0.05) is 18.0 Å². The van der Waals surface area contributed by atoms with Crippen molar-refractivity contribution in [3.8, 4) is 5.75 Å². The number of aromatic hydroxyl groups is 1. The number of amides is 2. The van der Waals surface area contributed by atoms with E-state index in [0.29, 0.717) is 11.3 Å². The normalized spacial score (nSPS) is 30.5. The Labute approximate surface area is 194 Å². The lowest BCUT2D eigenvalue weighted by Crippen LogP contribution is -2.68. The van der Waals surface area contributed by atoms with Crippen molar-refractivity contribution in [1.82, 2.24) is 4.90 Å². The van der Waals surface area contributed by atoms with Crippen LogP contribution in [-0.2, 0) is 30.4 Å². The Kier molecular flexibility index (Phi) is 5.65. The van der Waals surface area contributed by atoms with Crippen molar-refractivity contribution < 1.29 is 39.0 Å². The number of nitrogens with one attached hydrogen (secondary N) is 1. The molecule has 2 fully saturated rings. The molecule has 0 spiro atoms. The zero-order valence-corrected chi connectivity index (χ0v) is 18.7. The number of aliphatic hydroxyl groups is 1. The molecule has 0 radical (unpaired) electrons. The maximum atomic E-state index is 13.4. The van der Waals surface area contributed by atoms with Gasteiger partial charge in [-0.25, -0.2) is 0 Å². The van der Waals surface area contributed by atoms with E-state index in [1.165, 1.54) is 12.1 Å². The molecule has 3 aliphatic carbocycles. The second-order valence-electron chi connectivity index (χ2n) is 9.51. The molecule has 11 nitrogen and oxygen atoms in total. The number of likely N-dealkylation sites (N-methyl/N-ethyl adjacent to an activating group) is 1. The lowest BCUT2D eigenvalue weighted by atomic mass is 9.54.